The quantitative estimate of drug-likeness (QED) is 0.866. The van der Waals surface area contributed by atoms with Crippen molar-refractivity contribution in [1.82, 2.24) is 5.32 Å². The highest BCUT2D eigenvalue weighted by Gasteiger charge is 2.14. The molecule has 1 N–H and O–H groups in total. The Morgan fingerprint density at radius 3 is 2.68 bits per heavy atom. The molecule has 0 saturated heterocycles. The van der Waals surface area contributed by atoms with Gasteiger partial charge in [-0.05, 0) is 36.8 Å². The fraction of sp³-hybridized carbons (Fsp3) is 0.562. The molecule has 1 amide bonds. The van der Waals surface area contributed by atoms with E-state index in [2.05, 4.69) is 5.32 Å². The summed E-state index contributed by atoms with van der Waals surface area (Å²) in [5.41, 5.74) is 0.621. The lowest BCUT2D eigenvalue weighted by Crippen LogP contribution is -2.30. The Morgan fingerprint density at radius 2 is 1.95 bits per heavy atom. The van der Waals surface area contributed by atoms with Crippen LogP contribution in [0, 0.1) is 11.7 Å². The number of carbonyl (C=O) groups is 1. The first-order valence-electron chi connectivity index (χ1n) is 7.26. The van der Waals surface area contributed by atoms with Crippen LogP contribution in [-0.4, -0.2) is 12.5 Å². The Balaban J connectivity index is 1.68. The third kappa shape index (κ3) is 4.66. The summed E-state index contributed by atoms with van der Waals surface area (Å²) in [6.45, 7) is 0.788. The van der Waals surface area contributed by atoms with Gasteiger partial charge in [-0.3, -0.25) is 4.79 Å². The average molecular weight is 263 g/mol. The molecule has 0 bridgehead atoms. The SMILES string of the molecule is O=C(CCc1ccccc1F)NCC1CCCCC1. The second kappa shape index (κ2) is 7.27. The van der Waals surface area contributed by atoms with Crippen molar-refractivity contribution in [1.29, 1.82) is 0 Å². The molecule has 1 aromatic carbocycles. The largest absolute Gasteiger partial charge is 0.356 e. The van der Waals surface area contributed by atoms with Gasteiger partial charge in [0.05, 0.1) is 0 Å². The minimum absolute atomic E-state index is 0.0360. The van der Waals surface area contributed by atoms with Crippen LogP contribution in [0.15, 0.2) is 24.3 Å². The second-order valence-corrected chi connectivity index (χ2v) is 5.40. The molecule has 1 aromatic rings. The van der Waals surface area contributed by atoms with Crippen LogP contribution in [0.2, 0.25) is 0 Å². The lowest BCUT2D eigenvalue weighted by atomic mass is 9.89. The van der Waals surface area contributed by atoms with Gasteiger partial charge in [-0.15, -0.1) is 0 Å². The predicted octanol–water partition coefficient (Wildman–Crippen LogP) is 3.45. The van der Waals surface area contributed by atoms with Gasteiger partial charge in [0.25, 0.3) is 0 Å². The topological polar surface area (TPSA) is 29.1 Å². The zero-order valence-electron chi connectivity index (χ0n) is 11.3. The zero-order chi connectivity index (χ0) is 13.5. The smallest absolute Gasteiger partial charge is 0.220 e. The van der Waals surface area contributed by atoms with Gasteiger partial charge >= 0.3 is 0 Å². The van der Waals surface area contributed by atoms with E-state index < -0.39 is 0 Å². The summed E-state index contributed by atoms with van der Waals surface area (Å²) in [5.74, 6) is 0.461. The van der Waals surface area contributed by atoms with Crippen LogP contribution in [0.1, 0.15) is 44.1 Å². The molecule has 2 rings (SSSR count). The van der Waals surface area contributed by atoms with Gasteiger partial charge in [-0.25, -0.2) is 4.39 Å². The molecule has 1 fully saturated rings. The number of halogens is 1. The van der Waals surface area contributed by atoms with Crippen LogP contribution in [0.5, 0.6) is 0 Å². The molecule has 0 unspecified atom stereocenters. The molecule has 19 heavy (non-hydrogen) atoms. The second-order valence-electron chi connectivity index (χ2n) is 5.40. The summed E-state index contributed by atoms with van der Waals surface area (Å²) in [7, 11) is 0. The Kier molecular flexibility index (Phi) is 5.37. The zero-order valence-corrected chi connectivity index (χ0v) is 11.3. The highest BCUT2D eigenvalue weighted by Crippen LogP contribution is 2.22. The van der Waals surface area contributed by atoms with Crippen molar-refractivity contribution in [3.63, 3.8) is 0 Å². The molecule has 0 heterocycles. The molecule has 0 aliphatic heterocycles. The van der Waals surface area contributed by atoms with E-state index in [0.717, 1.165) is 6.54 Å². The lowest BCUT2D eigenvalue weighted by Gasteiger charge is -2.21. The Morgan fingerprint density at radius 1 is 1.21 bits per heavy atom. The molecular formula is C16H22FNO. The standard InChI is InChI=1S/C16H22FNO/c17-15-9-5-4-8-14(15)10-11-16(19)18-12-13-6-2-1-3-7-13/h4-5,8-9,13H,1-3,6-7,10-12H2,(H,18,19). The number of nitrogens with one attached hydrogen (secondary N) is 1. The maximum atomic E-state index is 13.4. The Labute approximate surface area is 114 Å². The van der Waals surface area contributed by atoms with E-state index in [1.165, 1.54) is 38.2 Å². The third-order valence-corrected chi connectivity index (χ3v) is 3.89. The summed E-state index contributed by atoms with van der Waals surface area (Å²) in [6, 6.07) is 6.65. The van der Waals surface area contributed by atoms with E-state index in [9.17, 15) is 9.18 Å². The van der Waals surface area contributed by atoms with Gasteiger partial charge < -0.3 is 5.32 Å². The van der Waals surface area contributed by atoms with Crippen molar-refractivity contribution in [2.75, 3.05) is 6.54 Å². The summed E-state index contributed by atoms with van der Waals surface area (Å²) in [6.07, 6.45) is 7.21. The summed E-state index contributed by atoms with van der Waals surface area (Å²) in [5, 5.41) is 2.98. The molecular weight excluding hydrogens is 241 g/mol. The number of aryl methyl sites for hydroxylation is 1. The molecule has 0 aromatic heterocycles. The first-order chi connectivity index (χ1) is 9.25. The fourth-order valence-corrected chi connectivity index (χ4v) is 2.69. The number of carbonyl (C=O) groups excluding carboxylic acids is 1. The molecule has 0 atom stereocenters. The van der Waals surface area contributed by atoms with Gasteiger partial charge in [-0.2, -0.15) is 0 Å². The molecule has 0 radical (unpaired) electrons. The van der Waals surface area contributed by atoms with E-state index in [1.807, 2.05) is 0 Å². The monoisotopic (exact) mass is 263 g/mol. The summed E-state index contributed by atoms with van der Waals surface area (Å²) < 4.78 is 13.4. The lowest BCUT2D eigenvalue weighted by molar-refractivity contribution is -0.121. The maximum Gasteiger partial charge on any atom is 0.220 e. The molecule has 104 valence electrons. The highest BCUT2D eigenvalue weighted by atomic mass is 19.1. The minimum atomic E-state index is -0.220. The summed E-state index contributed by atoms with van der Waals surface area (Å²) in [4.78, 5) is 11.7. The van der Waals surface area contributed by atoms with E-state index in [-0.39, 0.29) is 11.7 Å². The average Bonchev–Trinajstić information content (AvgIpc) is 2.45. The fourth-order valence-electron chi connectivity index (χ4n) is 2.69. The van der Waals surface area contributed by atoms with Crippen LogP contribution in [-0.2, 0) is 11.2 Å². The van der Waals surface area contributed by atoms with Crippen LogP contribution in [0.4, 0.5) is 4.39 Å². The van der Waals surface area contributed by atoms with Gasteiger partial charge in [0.15, 0.2) is 0 Å². The molecule has 0 spiro atoms. The minimum Gasteiger partial charge on any atom is -0.356 e. The van der Waals surface area contributed by atoms with Crippen molar-refractivity contribution in [3.05, 3.63) is 35.6 Å². The Hall–Kier alpha value is -1.38. The molecule has 3 heteroatoms. The van der Waals surface area contributed by atoms with E-state index >= 15 is 0 Å². The van der Waals surface area contributed by atoms with Crippen LogP contribution in [0.3, 0.4) is 0 Å². The van der Waals surface area contributed by atoms with Gasteiger partial charge in [0, 0.05) is 13.0 Å². The number of benzene rings is 1. The molecule has 2 nitrogen and oxygen atoms in total. The van der Waals surface area contributed by atoms with Gasteiger partial charge in [-0.1, -0.05) is 37.5 Å². The van der Waals surface area contributed by atoms with Crippen molar-refractivity contribution >= 4 is 5.91 Å². The number of hydrogen-bond acceptors (Lipinski definition) is 1. The van der Waals surface area contributed by atoms with E-state index in [4.69, 9.17) is 0 Å². The van der Waals surface area contributed by atoms with Crippen LogP contribution < -0.4 is 5.32 Å². The first-order valence-corrected chi connectivity index (χ1v) is 7.26. The van der Waals surface area contributed by atoms with E-state index in [0.29, 0.717) is 24.3 Å². The maximum absolute atomic E-state index is 13.4. The summed E-state index contributed by atoms with van der Waals surface area (Å²) >= 11 is 0. The Bertz CT molecular complexity index is 413. The highest BCUT2D eigenvalue weighted by molar-refractivity contribution is 5.76. The molecule has 1 saturated carbocycles. The number of rotatable bonds is 5. The van der Waals surface area contributed by atoms with Gasteiger partial charge in [0.2, 0.25) is 5.91 Å². The van der Waals surface area contributed by atoms with Crippen molar-refractivity contribution in [2.24, 2.45) is 5.92 Å². The number of amides is 1. The third-order valence-electron chi connectivity index (χ3n) is 3.89. The number of hydrogen-bond donors (Lipinski definition) is 1. The molecule has 1 aliphatic carbocycles. The van der Waals surface area contributed by atoms with E-state index in [1.54, 1.807) is 18.2 Å². The van der Waals surface area contributed by atoms with Crippen molar-refractivity contribution < 1.29 is 9.18 Å². The molecule has 1 aliphatic rings. The van der Waals surface area contributed by atoms with Crippen LogP contribution in [0.25, 0.3) is 0 Å². The van der Waals surface area contributed by atoms with Crippen molar-refractivity contribution in [3.8, 4) is 0 Å². The normalized spacial score (nSPS) is 16.3. The first kappa shape index (κ1) is 14.0. The van der Waals surface area contributed by atoms with Gasteiger partial charge in [0.1, 0.15) is 5.82 Å². The predicted molar refractivity (Wildman–Crippen MR) is 74.3 cm³/mol. The van der Waals surface area contributed by atoms with Crippen LogP contribution >= 0.6 is 0 Å². The van der Waals surface area contributed by atoms with Crippen molar-refractivity contribution in [2.45, 2.75) is 44.9 Å².